The lowest BCUT2D eigenvalue weighted by Gasteiger charge is -2.24. The Morgan fingerprint density at radius 3 is 2.76 bits per heavy atom. The first-order valence-corrected chi connectivity index (χ1v) is 9.65. The number of nitrogens with two attached hydrogens (primary N) is 1. The zero-order chi connectivity index (χ0) is 17.6. The highest BCUT2D eigenvalue weighted by molar-refractivity contribution is 14.0. The molecule has 1 heterocycles. The van der Waals surface area contributed by atoms with Gasteiger partial charge in [-0.15, -0.1) is 24.0 Å². The first-order chi connectivity index (χ1) is 11.3. The third-order valence-corrected chi connectivity index (χ3v) is 4.83. The molecule has 1 saturated heterocycles. The van der Waals surface area contributed by atoms with Gasteiger partial charge in [-0.05, 0) is 44.4 Å². The molecule has 2 rings (SSSR count). The standard InChI is InChI=1S/C16H26N4O3S.HI/c1-3-18-15(20-12-16(2)8-5-9-23-16)19-11-13-6-4-7-14(10-13)24(17,21)22;/h4,6-7,10H,3,5,8-9,11-12H2,1-2H3,(H2,17,21,22)(H2,18,19,20);1H. The number of hydrogen-bond acceptors (Lipinski definition) is 4. The van der Waals surface area contributed by atoms with Crippen LogP contribution in [0.4, 0.5) is 0 Å². The van der Waals surface area contributed by atoms with Gasteiger partial charge in [0.05, 0.1) is 17.0 Å². The van der Waals surface area contributed by atoms with Gasteiger partial charge in [-0.25, -0.2) is 18.5 Å². The van der Waals surface area contributed by atoms with Crippen molar-refractivity contribution in [2.75, 3.05) is 19.7 Å². The van der Waals surface area contributed by atoms with Gasteiger partial charge in [-0.1, -0.05) is 12.1 Å². The first-order valence-electron chi connectivity index (χ1n) is 8.10. The van der Waals surface area contributed by atoms with Gasteiger partial charge < -0.3 is 15.4 Å². The number of nitrogens with one attached hydrogen (secondary N) is 2. The topological polar surface area (TPSA) is 106 Å². The summed E-state index contributed by atoms with van der Waals surface area (Å²) in [5.74, 6) is 0.676. The Bertz CT molecular complexity index is 688. The number of sulfonamides is 1. The zero-order valence-corrected chi connectivity index (χ0v) is 17.8. The Balaban J connectivity index is 0.00000312. The van der Waals surface area contributed by atoms with E-state index in [4.69, 9.17) is 9.88 Å². The zero-order valence-electron chi connectivity index (χ0n) is 14.6. The second-order valence-electron chi connectivity index (χ2n) is 6.14. The predicted octanol–water partition coefficient (Wildman–Crippen LogP) is 1.58. The average Bonchev–Trinajstić information content (AvgIpc) is 2.97. The summed E-state index contributed by atoms with van der Waals surface area (Å²) >= 11 is 0. The SMILES string of the molecule is CCNC(=NCc1cccc(S(N)(=O)=O)c1)NCC1(C)CCCO1.I. The van der Waals surface area contributed by atoms with Crippen molar-refractivity contribution in [2.45, 2.75) is 43.7 Å². The van der Waals surface area contributed by atoms with Gasteiger partial charge in [-0.3, -0.25) is 0 Å². The second kappa shape index (κ2) is 9.70. The molecule has 9 heteroatoms. The average molecular weight is 482 g/mol. The minimum absolute atomic E-state index is 0. The maximum Gasteiger partial charge on any atom is 0.238 e. The molecule has 142 valence electrons. The fourth-order valence-electron chi connectivity index (χ4n) is 2.58. The van der Waals surface area contributed by atoms with Crippen molar-refractivity contribution < 1.29 is 13.2 Å². The van der Waals surface area contributed by atoms with Crippen molar-refractivity contribution in [3.05, 3.63) is 29.8 Å². The molecular weight excluding hydrogens is 455 g/mol. The van der Waals surface area contributed by atoms with Crippen LogP contribution in [-0.4, -0.2) is 39.7 Å². The van der Waals surface area contributed by atoms with E-state index in [9.17, 15) is 8.42 Å². The normalized spacial score (nSPS) is 20.8. The number of primary sulfonamides is 1. The molecular formula is C16H27IN4O3S. The van der Waals surface area contributed by atoms with Crippen molar-refractivity contribution >= 4 is 40.0 Å². The van der Waals surface area contributed by atoms with Gasteiger partial charge in [0, 0.05) is 19.7 Å². The summed E-state index contributed by atoms with van der Waals surface area (Å²) in [7, 11) is -3.70. The highest BCUT2D eigenvalue weighted by Gasteiger charge is 2.29. The van der Waals surface area contributed by atoms with E-state index in [1.54, 1.807) is 12.1 Å². The van der Waals surface area contributed by atoms with Gasteiger partial charge in [0.15, 0.2) is 5.96 Å². The molecule has 0 spiro atoms. The van der Waals surface area contributed by atoms with Crippen LogP contribution in [0.1, 0.15) is 32.3 Å². The number of rotatable bonds is 6. The Morgan fingerprint density at radius 2 is 2.16 bits per heavy atom. The molecule has 1 aromatic rings. The van der Waals surface area contributed by atoms with Crippen LogP contribution in [0.5, 0.6) is 0 Å². The van der Waals surface area contributed by atoms with Crippen LogP contribution < -0.4 is 15.8 Å². The molecule has 0 aromatic heterocycles. The third kappa shape index (κ3) is 7.08. The maximum atomic E-state index is 11.4. The van der Waals surface area contributed by atoms with Gasteiger partial charge in [0.2, 0.25) is 10.0 Å². The fourth-order valence-corrected chi connectivity index (χ4v) is 3.16. The summed E-state index contributed by atoms with van der Waals surface area (Å²) in [5, 5.41) is 11.6. The largest absolute Gasteiger partial charge is 0.373 e. The number of aliphatic imine (C=N–C) groups is 1. The van der Waals surface area contributed by atoms with Gasteiger partial charge in [0.25, 0.3) is 0 Å². The summed E-state index contributed by atoms with van der Waals surface area (Å²) < 4.78 is 28.6. The van der Waals surface area contributed by atoms with Crippen LogP contribution in [-0.2, 0) is 21.3 Å². The molecule has 0 saturated carbocycles. The van der Waals surface area contributed by atoms with E-state index >= 15 is 0 Å². The van der Waals surface area contributed by atoms with E-state index in [1.807, 2.05) is 13.0 Å². The Labute approximate surface area is 166 Å². The van der Waals surface area contributed by atoms with Gasteiger partial charge in [-0.2, -0.15) is 0 Å². The van der Waals surface area contributed by atoms with Crippen molar-refractivity contribution in [1.82, 2.24) is 10.6 Å². The van der Waals surface area contributed by atoms with E-state index in [0.29, 0.717) is 19.0 Å². The Kier molecular flexibility index (Phi) is 8.58. The number of guanidine groups is 1. The number of benzene rings is 1. The van der Waals surface area contributed by atoms with Crippen LogP contribution in [0.15, 0.2) is 34.2 Å². The molecule has 1 unspecified atom stereocenters. The molecule has 1 atom stereocenters. The molecule has 0 radical (unpaired) electrons. The summed E-state index contributed by atoms with van der Waals surface area (Å²) in [6.45, 7) is 6.65. The van der Waals surface area contributed by atoms with Crippen LogP contribution in [0.3, 0.4) is 0 Å². The summed E-state index contributed by atoms with van der Waals surface area (Å²) in [4.78, 5) is 4.60. The molecule has 25 heavy (non-hydrogen) atoms. The predicted molar refractivity (Wildman–Crippen MR) is 110 cm³/mol. The molecule has 0 bridgehead atoms. The maximum absolute atomic E-state index is 11.4. The quantitative estimate of drug-likeness (QED) is 0.325. The van der Waals surface area contributed by atoms with Crippen LogP contribution in [0.25, 0.3) is 0 Å². The van der Waals surface area contributed by atoms with E-state index in [2.05, 4.69) is 22.5 Å². The number of hydrogen-bond donors (Lipinski definition) is 3. The molecule has 1 aliphatic heterocycles. The molecule has 0 amide bonds. The lowest BCUT2D eigenvalue weighted by molar-refractivity contribution is 0.0243. The molecule has 1 aliphatic rings. The minimum atomic E-state index is -3.70. The summed E-state index contributed by atoms with van der Waals surface area (Å²) in [6, 6.07) is 6.51. The monoisotopic (exact) mass is 482 g/mol. The third-order valence-electron chi connectivity index (χ3n) is 3.92. The van der Waals surface area contributed by atoms with Crippen LogP contribution in [0, 0.1) is 0 Å². The summed E-state index contributed by atoms with van der Waals surface area (Å²) in [6.07, 6.45) is 2.10. The summed E-state index contributed by atoms with van der Waals surface area (Å²) in [5.41, 5.74) is 0.617. The van der Waals surface area contributed by atoms with E-state index in [1.165, 1.54) is 6.07 Å². The lowest BCUT2D eigenvalue weighted by atomic mass is 10.0. The van der Waals surface area contributed by atoms with Gasteiger partial charge in [0.1, 0.15) is 0 Å². The van der Waals surface area contributed by atoms with E-state index in [0.717, 1.165) is 31.6 Å². The van der Waals surface area contributed by atoms with Crippen LogP contribution in [0.2, 0.25) is 0 Å². The number of ether oxygens (including phenoxy) is 1. The molecule has 1 fully saturated rings. The fraction of sp³-hybridized carbons (Fsp3) is 0.562. The van der Waals surface area contributed by atoms with E-state index in [-0.39, 0.29) is 34.5 Å². The van der Waals surface area contributed by atoms with Crippen molar-refractivity contribution in [3.8, 4) is 0 Å². The highest BCUT2D eigenvalue weighted by Crippen LogP contribution is 2.23. The molecule has 7 nitrogen and oxygen atoms in total. The first kappa shape index (κ1) is 22.1. The minimum Gasteiger partial charge on any atom is -0.373 e. The Hall–Kier alpha value is -0.910. The second-order valence-corrected chi connectivity index (χ2v) is 7.70. The van der Waals surface area contributed by atoms with Gasteiger partial charge >= 0.3 is 0 Å². The van der Waals surface area contributed by atoms with Crippen LogP contribution >= 0.6 is 24.0 Å². The highest BCUT2D eigenvalue weighted by atomic mass is 127. The molecule has 0 aliphatic carbocycles. The van der Waals surface area contributed by atoms with Crippen molar-refractivity contribution in [1.29, 1.82) is 0 Å². The van der Waals surface area contributed by atoms with E-state index < -0.39 is 10.0 Å². The lowest BCUT2D eigenvalue weighted by Crippen LogP contribution is -2.45. The molecule has 4 N–H and O–H groups in total. The number of halogens is 1. The smallest absolute Gasteiger partial charge is 0.238 e. The Morgan fingerprint density at radius 1 is 1.40 bits per heavy atom. The van der Waals surface area contributed by atoms with Crippen molar-refractivity contribution in [3.63, 3.8) is 0 Å². The number of nitrogens with zero attached hydrogens (tertiary/aromatic N) is 1. The molecule has 1 aromatic carbocycles. The van der Waals surface area contributed by atoms with Crippen molar-refractivity contribution in [2.24, 2.45) is 10.1 Å².